The van der Waals surface area contributed by atoms with Crippen molar-refractivity contribution in [1.29, 1.82) is 0 Å². The van der Waals surface area contributed by atoms with Gasteiger partial charge in [0.2, 0.25) is 0 Å². The van der Waals surface area contributed by atoms with Gasteiger partial charge in [-0.15, -0.1) is 0 Å². The number of hydrogen-bond donors (Lipinski definition) is 1. The van der Waals surface area contributed by atoms with Gasteiger partial charge in [0.1, 0.15) is 11.6 Å². The average Bonchev–Trinajstić information content (AvgIpc) is 3.07. The number of rotatable bonds is 4. The highest BCUT2D eigenvalue weighted by atomic mass is 32.1. The van der Waals surface area contributed by atoms with Crippen molar-refractivity contribution in [3.05, 3.63) is 65.1 Å². The smallest absolute Gasteiger partial charge is 0.199 e. The number of aryl methyl sites for hydroxylation is 2. The first-order chi connectivity index (χ1) is 9.34. The Kier molecular flexibility index (Phi) is 3.29. The zero-order valence-electron chi connectivity index (χ0n) is 10.2. The minimum atomic E-state index is 0.612. The van der Waals surface area contributed by atoms with Gasteiger partial charge < -0.3 is 4.42 Å². The van der Waals surface area contributed by atoms with Gasteiger partial charge >= 0.3 is 0 Å². The topological polar surface area (TPSA) is 46.8 Å². The highest BCUT2D eigenvalue weighted by molar-refractivity contribution is 7.71. The number of nitrogens with one attached hydrogen (secondary N) is 1. The Morgan fingerprint density at radius 3 is 2.68 bits per heavy atom. The van der Waals surface area contributed by atoms with E-state index in [0.29, 0.717) is 4.77 Å². The van der Waals surface area contributed by atoms with Crippen molar-refractivity contribution in [2.24, 2.45) is 0 Å². The minimum Gasteiger partial charge on any atom is -0.469 e. The summed E-state index contributed by atoms with van der Waals surface area (Å²) in [7, 11) is 0. The largest absolute Gasteiger partial charge is 0.469 e. The van der Waals surface area contributed by atoms with Crippen LogP contribution in [-0.4, -0.2) is 14.8 Å². The maximum atomic E-state index is 5.33. The van der Waals surface area contributed by atoms with E-state index in [1.807, 2.05) is 47.0 Å². The van der Waals surface area contributed by atoms with Crippen LogP contribution in [0.2, 0.25) is 0 Å². The molecule has 96 valence electrons. The van der Waals surface area contributed by atoms with Crippen molar-refractivity contribution >= 4 is 12.2 Å². The fourth-order valence-electron chi connectivity index (χ4n) is 2.03. The Labute approximate surface area is 115 Å². The predicted octanol–water partition coefficient (Wildman–Crippen LogP) is 3.31. The number of hydrogen-bond acceptors (Lipinski definition) is 3. The highest BCUT2D eigenvalue weighted by Gasteiger charge is 2.08. The minimum absolute atomic E-state index is 0.612. The average molecular weight is 271 g/mol. The van der Waals surface area contributed by atoms with Crippen molar-refractivity contribution in [3.8, 4) is 5.69 Å². The quantitative estimate of drug-likeness (QED) is 0.740. The molecular weight excluding hydrogens is 258 g/mol. The summed E-state index contributed by atoms with van der Waals surface area (Å²) >= 11 is 5.29. The maximum Gasteiger partial charge on any atom is 0.199 e. The first kappa shape index (κ1) is 11.9. The highest BCUT2D eigenvalue weighted by Crippen LogP contribution is 2.13. The molecule has 0 amide bonds. The predicted molar refractivity (Wildman–Crippen MR) is 74.9 cm³/mol. The molecule has 4 nitrogen and oxygen atoms in total. The van der Waals surface area contributed by atoms with E-state index >= 15 is 0 Å². The number of aromatic nitrogens is 3. The third-order valence-electron chi connectivity index (χ3n) is 2.93. The van der Waals surface area contributed by atoms with Gasteiger partial charge in [-0.3, -0.25) is 9.67 Å². The van der Waals surface area contributed by atoms with Crippen molar-refractivity contribution in [3.63, 3.8) is 0 Å². The summed E-state index contributed by atoms with van der Waals surface area (Å²) in [6.45, 7) is 0. The lowest BCUT2D eigenvalue weighted by atomic mass is 10.2. The van der Waals surface area contributed by atoms with Crippen molar-refractivity contribution in [2.45, 2.75) is 12.8 Å². The van der Waals surface area contributed by atoms with Gasteiger partial charge in [0, 0.05) is 18.5 Å². The summed E-state index contributed by atoms with van der Waals surface area (Å²) in [5.41, 5.74) is 1.02. The number of aromatic amines is 1. The molecule has 3 rings (SSSR count). The van der Waals surface area contributed by atoms with Crippen LogP contribution in [0, 0.1) is 4.77 Å². The summed E-state index contributed by atoms with van der Waals surface area (Å²) in [5.74, 6) is 1.86. The molecule has 0 fully saturated rings. The number of furan rings is 1. The van der Waals surface area contributed by atoms with Crippen LogP contribution in [-0.2, 0) is 12.8 Å². The number of para-hydroxylation sites is 1. The van der Waals surface area contributed by atoms with Crippen LogP contribution in [0.1, 0.15) is 11.6 Å². The van der Waals surface area contributed by atoms with Gasteiger partial charge in [-0.05, 0) is 36.5 Å². The summed E-state index contributed by atoms with van der Waals surface area (Å²) in [5, 5.41) is 7.15. The van der Waals surface area contributed by atoms with E-state index in [9.17, 15) is 0 Å². The molecule has 0 bridgehead atoms. The monoisotopic (exact) mass is 271 g/mol. The lowest BCUT2D eigenvalue weighted by Crippen LogP contribution is -2.03. The summed E-state index contributed by atoms with van der Waals surface area (Å²) in [4.78, 5) is 0. The standard InChI is InChI=1S/C14H13N3OS/c19-14-16-15-13(9-8-12-7-4-10-18-12)17(14)11-5-2-1-3-6-11/h1-7,10H,8-9H2,(H,16,19). The van der Waals surface area contributed by atoms with E-state index in [4.69, 9.17) is 16.6 Å². The molecule has 2 heterocycles. The molecule has 0 spiro atoms. The molecule has 0 aliphatic heterocycles. The molecule has 0 saturated carbocycles. The molecule has 3 aromatic rings. The number of benzene rings is 1. The van der Waals surface area contributed by atoms with Crippen LogP contribution in [0.4, 0.5) is 0 Å². The Morgan fingerprint density at radius 1 is 1.11 bits per heavy atom. The fraction of sp³-hybridized carbons (Fsp3) is 0.143. The molecular formula is C14H13N3OS. The molecule has 0 aliphatic rings. The Morgan fingerprint density at radius 2 is 1.95 bits per heavy atom. The zero-order valence-corrected chi connectivity index (χ0v) is 11.1. The van der Waals surface area contributed by atoms with Crippen LogP contribution < -0.4 is 0 Å². The Balaban J connectivity index is 1.89. The van der Waals surface area contributed by atoms with Crippen molar-refractivity contribution < 1.29 is 4.42 Å². The Bertz CT molecular complexity index is 698. The molecule has 0 aliphatic carbocycles. The maximum absolute atomic E-state index is 5.33. The SMILES string of the molecule is S=c1[nH]nc(CCc2ccco2)n1-c1ccccc1. The van der Waals surface area contributed by atoms with Crippen LogP contribution in [0.5, 0.6) is 0 Å². The first-order valence-electron chi connectivity index (χ1n) is 6.09. The van der Waals surface area contributed by atoms with E-state index in [0.717, 1.165) is 30.1 Å². The summed E-state index contributed by atoms with van der Waals surface area (Å²) < 4.78 is 7.90. The third-order valence-corrected chi connectivity index (χ3v) is 3.21. The van der Waals surface area contributed by atoms with E-state index in [-0.39, 0.29) is 0 Å². The molecule has 5 heteroatoms. The van der Waals surface area contributed by atoms with Crippen LogP contribution in [0.25, 0.3) is 5.69 Å². The van der Waals surface area contributed by atoms with Crippen LogP contribution in [0.15, 0.2) is 53.1 Å². The molecule has 0 atom stereocenters. The van der Waals surface area contributed by atoms with Gasteiger partial charge in [-0.25, -0.2) is 0 Å². The molecule has 1 N–H and O–H groups in total. The molecule has 0 radical (unpaired) electrons. The summed E-state index contributed by atoms with van der Waals surface area (Å²) in [6, 6.07) is 13.8. The zero-order chi connectivity index (χ0) is 13.1. The lowest BCUT2D eigenvalue weighted by molar-refractivity contribution is 0.505. The van der Waals surface area contributed by atoms with E-state index < -0.39 is 0 Å². The molecule has 2 aromatic heterocycles. The Hall–Kier alpha value is -2.14. The van der Waals surface area contributed by atoms with E-state index in [1.165, 1.54) is 0 Å². The normalized spacial score (nSPS) is 10.7. The first-order valence-corrected chi connectivity index (χ1v) is 6.49. The third kappa shape index (κ3) is 2.51. The van der Waals surface area contributed by atoms with Gasteiger partial charge in [-0.1, -0.05) is 18.2 Å². The van der Waals surface area contributed by atoms with Crippen molar-refractivity contribution in [1.82, 2.24) is 14.8 Å². The second-order valence-electron chi connectivity index (χ2n) is 4.20. The fourth-order valence-corrected chi connectivity index (χ4v) is 2.29. The lowest BCUT2D eigenvalue weighted by Gasteiger charge is -2.05. The van der Waals surface area contributed by atoms with Crippen LogP contribution in [0.3, 0.4) is 0 Å². The van der Waals surface area contributed by atoms with E-state index in [1.54, 1.807) is 6.26 Å². The van der Waals surface area contributed by atoms with Gasteiger partial charge in [0.05, 0.1) is 6.26 Å². The van der Waals surface area contributed by atoms with Gasteiger partial charge in [-0.2, -0.15) is 5.10 Å². The molecule has 0 saturated heterocycles. The van der Waals surface area contributed by atoms with Gasteiger partial charge in [0.25, 0.3) is 0 Å². The molecule has 1 aromatic carbocycles. The second kappa shape index (κ2) is 5.24. The van der Waals surface area contributed by atoms with E-state index in [2.05, 4.69) is 10.2 Å². The second-order valence-corrected chi connectivity index (χ2v) is 4.58. The molecule has 0 unspecified atom stereocenters. The molecule has 19 heavy (non-hydrogen) atoms. The van der Waals surface area contributed by atoms with Crippen LogP contribution >= 0.6 is 12.2 Å². The number of H-pyrrole nitrogens is 1. The summed E-state index contributed by atoms with van der Waals surface area (Å²) in [6.07, 6.45) is 3.26. The van der Waals surface area contributed by atoms with Crippen molar-refractivity contribution in [2.75, 3.05) is 0 Å². The number of nitrogens with zero attached hydrogens (tertiary/aromatic N) is 2. The van der Waals surface area contributed by atoms with Gasteiger partial charge in [0.15, 0.2) is 4.77 Å².